The normalized spacial score (nSPS) is 38.9. The Morgan fingerprint density at radius 3 is 2.19 bits per heavy atom. The smallest absolute Gasteiger partial charge is 0.303 e. The van der Waals surface area contributed by atoms with Gasteiger partial charge in [0.15, 0.2) is 0 Å². The number of carboxylic acids is 1. The second kappa shape index (κ2) is 14.5. The fourth-order valence-corrected chi connectivity index (χ4v) is 13.7. The van der Waals surface area contributed by atoms with Gasteiger partial charge < -0.3 is 20.8 Å². The zero-order valence-electron chi connectivity index (χ0n) is 33.1. The van der Waals surface area contributed by atoms with Gasteiger partial charge in [0.25, 0.3) is 5.91 Å². The number of unbranched alkanes of at least 4 members (excludes halogenated alkanes) is 3. The highest BCUT2D eigenvalue weighted by atomic mass is 16.4. The number of carbonyl (C=O) groups is 3. The molecule has 6 rings (SSSR count). The molecule has 5 saturated carbocycles. The van der Waals surface area contributed by atoms with Crippen LogP contribution in [0.2, 0.25) is 0 Å². The number of hydrogen-bond acceptors (Lipinski definition) is 4. The molecule has 52 heavy (non-hydrogen) atoms. The van der Waals surface area contributed by atoms with E-state index in [2.05, 4.69) is 58.8 Å². The van der Waals surface area contributed by atoms with Crippen LogP contribution in [0.15, 0.2) is 36.4 Å². The molecule has 7 nitrogen and oxygen atoms in total. The molecule has 288 valence electrons. The second-order valence-corrected chi connectivity index (χ2v) is 19.4. The number of carboxylic acid groups (broad SMARTS) is 1. The van der Waals surface area contributed by atoms with Gasteiger partial charge in [0.2, 0.25) is 5.91 Å². The Morgan fingerprint density at radius 2 is 1.50 bits per heavy atom. The van der Waals surface area contributed by atoms with E-state index in [4.69, 9.17) is 5.11 Å². The average molecular weight is 717 g/mol. The van der Waals surface area contributed by atoms with Crippen LogP contribution in [0.5, 0.6) is 0 Å². The summed E-state index contributed by atoms with van der Waals surface area (Å²) in [5, 5.41) is 26.2. The molecule has 10 atom stereocenters. The maximum absolute atomic E-state index is 14.6. The van der Waals surface area contributed by atoms with Gasteiger partial charge in [0.05, 0.1) is 11.5 Å². The van der Waals surface area contributed by atoms with Crippen LogP contribution < -0.4 is 10.6 Å². The topological polar surface area (TPSA) is 116 Å². The zero-order valence-corrected chi connectivity index (χ0v) is 33.1. The van der Waals surface area contributed by atoms with Gasteiger partial charge in [-0.05, 0) is 153 Å². The molecule has 2 amide bonds. The van der Waals surface area contributed by atoms with Crippen molar-refractivity contribution < 1.29 is 24.6 Å². The van der Waals surface area contributed by atoms with Crippen molar-refractivity contribution in [1.82, 2.24) is 10.6 Å². The standard InChI is InChI=1S/C45H68N2O5/c1-29(2)32-19-24-45(40(52)47-28-30-13-15-31(16-14-30)39(51)46-27-11-9-8-10-12-37(49)50)26-25-43(6)33(38(32)45)17-18-35-42(5)22-21-36(48)41(3,4)34(42)20-23-44(35,43)7/h13-16,32-36,38,48H,1,8-12,17-28H2,2-7H3,(H,46,51)(H,47,52)(H,49,50)/t32-,33?,34?,35?,36-,38?,42-,43+,44+,45-/m0/s1. The second-order valence-electron chi connectivity index (χ2n) is 19.4. The van der Waals surface area contributed by atoms with Gasteiger partial charge in [-0.1, -0.05) is 71.7 Å². The number of allylic oxidation sites excluding steroid dienone is 1. The van der Waals surface area contributed by atoms with Crippen molar-refractivity contribution in [3.05, 3.63) is 47.5 Å². The molecule has 0 aliphatic heterocycles. The van der Waals surface area contributed by atoms with E-state index >= 15 is 0 Å². The Kier molecular flexibility index (Phi) is 10.9. The molecule has 0 aromatic heterocycles. The minimum atomic E-state index is -0.762. The molecule has 5 aliphatic rings. The SMILES string of the molecule is C=C(C)[C@@H]1CC[C@]2(C(=O)NCc3ccc(C(=O)NCCCCCCC(=O)O)cc3)CC[C@]3(C)C(CCC4[C@@]5(C)CC[C@H](O)C(C)(C)C5CC[C@]43C)C12. The Hall–Kier alpha value is -2.67. The number of rotatable bonds is 12. The predicted octanol–water partition coefficient (Wildman–Crippen LogP) is 9.09. The molecular formula is C45H68N2O5. The molecule has 0 radical (unpaired) electrons. The Labute approximate surface area is 313 Å². The maximum Gasteiger partial charge on any atom is 0.303 e. The van der Waals surface area contributed by atoms with Crippen molar-refractivity contribution >= 4 is 17.8 Å². The fraction of sp³-hybridized carbons (Fsp3) is 0.756. The first kappa shape index (κ1) is 39.0. The first-order chi connectivity index (χ1) is 24.5. The number of carbonyl (C=O) groups excluding carboxylic acids is 2. The van der Waals surface area contributed by atoms with Crippen LogP contribution in [-0.2, 0) is 16.1 Å². The number of aliphatic carboxylic acids is 1. The lowest BCUT2D eigenvalue weighted by Crippen LogP contribution is -2.67. The summed E-state index contributed by atoms with van der Waals surface area (Å²) >= 11 is 0. The Bertz CT molecular complexity index is 1520. The lowest BCUT2D eigenvalue weighted by molar-refractivity contribution is -0.246. The van der Waals surface area contributed by atoms with Gasteiger partial charge in [-0.25, -0.2) is 0 Å². The van der Waals surface area contributed by atoms with Crippen molar-refractivity contribution in [3.63, 3.8) is 0 Å². The van der Waals surface area contributed by atoms with Crippen molar-refractivity contribution in [3.8, 4) is 0 Å². The molecule has 5 aliphatic carbocycles. The van der Waals surface area contributed by atoms with E-state index in [1.165, 1.54) is 31.3 Å². The third-order valence-electron chi connectivity index (χ3n) is 16.8. The molecule has 0 saturated heterocycles. The summed E-state index contributed by atoms with van der Waals surface area (Å²) in [7, 11) is 0. The van der Waals surface area contributed by atoms with Gasteiger partial charge >= 0.3 is 5.97 Å². The third kappa shape index (κ3) is 6.47. The number of fused-ring (bicyclic) bond motifs is 7. The minimum Gasteiger partial charge on any atom is -0.481 e. The average Bonchev–Trinajstić information content (AvgIpc) is 3.50. The first-order valence-electron chi connectivity index (χ1n) is 20.7. The van der Waals surface area contributed by atoms with E-state index in [9.17, 15) is 19.5 Å². The number of amides is 2. The highest BCUT2D eigenvalue weighted by Gasteiger charge is 2.71. The molecular weight excluding hydrogens is 649 g/mol. The van der Waals surface area contributed by atoms with E-state index in [0.29, 0.717) is 54.7 Å². The van der Waals surface area contributed by atoms with Gasteiger partial charge in [-0.2, -0.15) is 0 Å². The highest BCUT2D eigenvalue weighted by Crippen LogP contribution is 2.77. The summed E-state index contributed by atoms with van der Waals surface area (Å²) in [6.07, 6.45) is 14.1. The number of aliphatic hydroxyl groups is 1. The van der Waals surface area contributed by atoms with E-state index < -0.39 is 5.97 Å². The lowest BCUT2D eigenvalue weighted by Gasteiger charge is -2.72. The van der Waals surface area contributed by atoms with Crippen LogP contribution in [0, 0.1) is 56.7 Å². The van der Waals surface area contributed by atoms with Gasteiger partial charge in [-0.15, -0.1) is 0 Å². The Morgan fingerprint density at radius 1 is 0.788 bits per heavy atom. The number of hydrogen-bond donors (Lipinski definition) is 4. The quantitative estimate of drug-likeness (QED) is 0.127. The van der Waals surface area contributed by atoms with E-state index in [-0.39, 0.29) is 51.4 Å². The van der Waals surface area contributed by atoms with Crippen LogP contribution in [0.3, 0.4) is 0 Å². The summed E-state index contributed by atoms with van der Waals surface area (Å²) in [6.45, 7) is 20.2. The van der Waals surface area contributed by atoms with Crippen LogP contribution >= 0.6 is 0 Å². The largest absolute Gasteiger partial charge is 0.481 e. The summed E-state index contributed by atoms with van der Waals surface area (Å²) in [5.41, 5.74) is 3.01. The molecule has 4 unspecified atom stereocenters. The maximum atomic E-state index is 14.6. The summed E-state index contributed by atoms with van der Waals surface area (Å²) in [4.78, 5) is 38.0. The minimum absolute atomic E-state index is 0.0540. The van der Waals surface area contributed by atoms with Crippen molar-refractivity contribution in [2.45, 2.75) is 151 Å². The molecule has 5 fully saturated rings. The summed E-state index contributed by atoms with van der Waals surface area (Å²) < 4.78 is 0. The molecule has 1 aromatic carbocycles. The molecule has 7 heteroatoms. The first-order valence-corrected chi connectivity index (χ1v) is 20.7. The van der Waals surface area contributed by atoms with E-state index in [1.807, 2.05) is 24.3 Å². The monoisotopic (exact) mass is 717 g/mol. The van der Waals surface area contributed by atoms with E-state index in [1.54, 1.807) is 0 Å². The van der Waals surface area contributed by atoms with Gasteiger partial charge in [-0.3, -0.25) is 14.4 Å². The lowest BCUT2D eigenvalue weighted by atomic mass is 9.32. The molecule has 0 bridgehead atoms. The fourth-order valence-electron chi connectivity index (χ4n) is 13.7. The molecule has 0 heterocycles. The van der Waals surface area contributed by atoms with Gasteiger partial charge in [0, 0.05) is 25.1 Å². The number of benzene rings is 1. The number of aliphatic hydroxyl groups excluding tert-OH is 1. The molecule has 0 spiro atoms. The highest BCUT2D eigenvalue weighted by molar-refractivity contribution is 5.94. The summed E-state index contributed by atoms with van der Waals surface area (Å²) in [6, 6.07) is 7.58. The van der Waals surface area contributed by atoms with E-state index in [0.717, 1.165) is 63.4 Å². The van der Waals surface area contributed by atoms with Crippen LogP contribution in [0.25, 0.3) is 0 Å². The predicted molar refractivity (Wildman–Crippen MR) is 206 cm³/mol. The van der Waals surface area contributed by atoms with Crippen LogP contribution in [0.1, 0.15) is 154 Å². The van der Waals surface area contributed by atoms with Crippen LogP contribution in [-0.4, -0.2) is 40.6 Å². The third-order valence-corrected chi connectivity index (χ3v) is 16.8. The Balaban J connectivity index is 1.12. The summed E-state index contributed by atoms with van der Waals surface area (Å²) in [5.74, 6) is 1.68. The number of nitrogens with one attached hydrogen (secondary N) is 2. The van der Waals surface area contributed by atoms with Gasteiger partial charge in [0.1, 0.15) is 0 Å². The van der Waals surface area contributed by atoms with Crippen molar-refractivity contribution in [2.24, 2.45) is 56.7 Å². The zero-order chi connectivity index (χ0) is 37.7. The van der Waals surface area contributed by atoms with Crippen molar-refractivity contribution in [2.75, 3.05) is 6.54 Å². The molecule has 4 N–H and O–H groups in total. The molecule has 1 aromatic rings. The van der Waals surface area contributed by atoms with Crippen molar-refractivity contribution in [1.29, 1.82) is 0 Å². The van der Waals surface area contributed by atoms with Crippen LogP contribution in [0.4, 0.5) is 0 Å².